The second kappa shape index (κ2) is 7.06. The molecular weight excluding hydrogens is 342 g/mol. The van der Waals surface area contributed by atoms with Gasteiger partial charge in [0.15, 0.2) is 0 Å². The summed E-state index contributed by atoms with van der Waals surface area (Å²) in [5, 5.41) is 5.54. The molecule has 4 saturated carbocycles. The Morgan fingerprint density at radius 2 is 1.74 bits per heavy atom. The van der Waals surface area contributed by atoms with Crippen molar-refractivity contribution in [2.75, 3.05) is 24.7 Å². The molecule has 2 amide bonds. The zero-order valence-electron chi connectivity index (χ0n) is 15.9. The van der Waals surface area contributed by atoms with E-state index in [9.17, 15) is 9.59 Å². The van der Waals surface area contributed by atoms with Gasteiger partial charge in [-0.2, -0.15) is 0 Å². The topological polar surface area (TPSA) is 93.4 Å². The Hall–Kier alpha value is -2.24. The van der Waals surface area contributed by atoms with Gasteiger partial charge in [-0.05, 0) is 73.8 Å². The van der Waals surface area contributed by atoms with Crippen LogP contribution in [0.15, 0.2) is 18.2 Å². The first-order valence-corrected chi connectivity index (χ1v) is 9.95. The Bertz CT molecular complexity index is 711. The quantitative estimate of drug-likeness (QED) is 0.670. The summed E-state index contributed by atoms with van der Waals surface area (Å²) in [4.78, 5) is 24.7. The fraction of sp³-hybridized carbons (Fsp3) is 0.619. The number of anilines is 2. The highest BCUT2D eigenvalue weighted by Gasteiger charge is 2.51. The van der Waals surface area contributed by atoms with E-state index in [-0.39, 0.29) is 23.8 Å². The van der Waals surface area contributed by atoms with Crippen molar-refractivity contribution >= 4 is 23.2 Å². The van der Waals surface area contributed by atoms with Crippen LogP contribution in [0, 0.1) is 23.2 Å². The van der Waals surface area contributed by atoms with Crippen molar-refractivity contribution in [2.24, 2.45) is 23.2 Å². The minimum atomic E-state index is -0.284. The molecule has 4 aliphatic rings. The largest absolute Gasteiger partial charge is 0.497 e. The van der Waals surface area contributed by atoms with Crippen LogP contribution in [0.25, 0.3) is 0 Å². The molecule has 0 heterocycles. The molecule has 1 aromatic carbocycles. The third kappa shape index (κ3) is 3.89. The maximum absolute atomic E-state index is 12.5. The molecule has 6 nitrogen and oxygen atoms in total. The molecule has 146 valence electrons. The summed E-state index contributed by atoms with van der Waals surface area (Å²) in [5.41, 5.74) is 7.03. The van der Waals surface area contributed by atoms with Gasteiger partial charge in [0, 0.05) is 12.5 Å². The number of nitrogens with two attached hydrogens (primary N) is 1. The predicted molar refractivity (Wildman–Crippen MR) is 104 cm³/mol. The maximum Gasteiger partial charge on any atom is 0.243 e. The number of methoxy groups -OCH3 is 1. The van der Waals surface area contributed by atoms with Crippen molar-refractivity contribution in [2.45, 2.75) is 44.9 Å². The lowest BCUT2D eigenvalue weighted by atomic mass is 9.49. The van der Waals surface area contributed by atoms with E-state index in [1.807, 2.05) is 0 Å². The van der Waals surface area contributed by atoms with Gasteiger partial charge in [0.2, 0.25) is 11.8 Å². The maximum atomic E-state index is 12.5. The Kier molecular flexibility index (Phi) is 4.74. The number of benzene rings is 1. The number of nitrogen functional groups attached to an aromatic ring is 1. The fourth-order valence-corrected chi connectivity index (χ4v) is 6.05. The first-order valence-electron chi connectivity index (χ1n) is 9.95. The first-order chi connectivity index (χ1) is 12.9. The molecule has 0 saturated heterocycles. The second-order valence-corrected chi connectivity index (χ2v) is 8.87. The van der Waals surface area contributed by atoms with Crippen LogP contribution >= 0.6 is 0 Å². The molecule has 0 aliphatic heterocycles. The van der Waals surface area contributed by atoms with Gasteiger partial charge >= 0.3 is 0 Å². The molecule has 4 fully saturated rings. The van der Waals surface area contributed by atoms with E-state index in [2.05, 4.69) is 10.6 Å². The predicted octanol–water partition coefficient (Wildman–Crippen LogP) is 2.94. The summed E-state index contributed by atoms with van der Waals surface area (Å²) in [6, 6.07) is 5.09. The van der Waals surface area contributed by atoms with Crippen molar-refractivity contribution in [3.8, 4) is 5.75 Å². The van der Waals surface area contributed by atoms with Crippen molar-refractivity contribution in [1.29, 1.82) is 0 Å². The molecule has 5 rings (SSSR count). The molecule has 0 aromatic heterocycles. The molecule has 27 heavy (non-hydrogen) atoms. The zero-order chi connectivity index (χ0) is 19.0. The van der Waals surface area contributed by atoms with Gasteiger partial charge in [-0.3, -0.25) is 9.59 Å². The average molecular weight is 371 g/mol. The lowest BCUT2D eigenvalue weighted by Crippen LogP contribution is -2.48. The lowest BCUT2D eigenvalue weighted by molar-refractivity contribution is -0.131. The monoisotopic (exact) mass is 371 g/mol. The minimum Gasteiger partial charge on any atom is -0.497 e. The number of hydrogen-bond donors (Lipinski definition) is 3. The van der Waals surface area contributed by atoms with Gasteiger partial charge in [0.25, 0.3) is 0 Å². The van der Waals surface area contributed by atoms with Gasteiger partial charge in [0.05, 0.1) is 25.0 Å². The number of carbonyl (C=O) groups is 2. The molecule has 4 aliphatic carbocycles. The number of ether oxygens (including phenoxy) is 1. The van der Waals surface area contributed by atoms with E-state index < -0.39 is 0 Å². The van der Waals surface area contributed by atoms with E-state index in [1.54, 1.807) is 25.3 Å². The lowest BCUT2D eigenvalue weighted by Gasteiger charge is -2.56. The minimum absolute atomic E-state index is 0.00860. The summed E-state index contributed by atoms with van der Waals surface area (Å²) in [6.07, 6.45) is 8.24. The summed E-state index contributed by atoms with van der Waals surface area (Å²) in [7, 11) is 1.56. The average Bonchev–Trinajstić information content (AvgIpc) is 2.60. The highest BCUT2D eigenvalue weighted by atomic mass is 16.5. The SMILES string of the molecule is COc1ccc(N)c(NC(=O)CNC(=O)CC23CC4CC(CC(C4)C2)C3)c1. The third-order valence-corrected chi connectivity index (χ3v) is 6.68. The summed E-state index contributed by atoms with van der Waals surface area (Å²) < 4.78 is 5.15. The van der Waals surface area contributed by atoms with E-state index in [0.717, 1.165) is 17.8 Å². The second-order valence-electron chi connectivity index (χ2n) is 8.87. The standard InChI is InChI=1S/C21H29N3O3/c1-27-16-2-3-17(22)18(7-16)24-20(26)12-23-19(25)11-21-8-13-4-14(9-21)6-15(5-13)10-21/h2-3,7,13-15H,4-6,8-12,22H2,1H3,(H,23,25)(H,24,26). The van der Waals surface area contributed by atoms with Crippen molar-refractivity contribution < 1.29 is 14.3 Å². The molecule has 1 aromatic rings. The van der Waals surface area contributed by atoms with Crippen LogP contribution in [0.1, 0.15) is 44.9 Å². The van der Waals surface area contributed by atoms with Crippen LogP contribution < -0.4 is 21.1 Å². The van der Waals surface area contributed by atoms with E-state index in [0.29, 0.717) is 23.5 Å². The van der Waals surface area contributed by atoms with E-state index in [1.165, 1.54) is 38.5 Å². The molecule has 0 radical (unpaired) electrons. The first kappa shape index (κ1) is 18.1. The number of amides is 2. The van der Waals surface area contributed by atoms with Crippen molar-refractivity contribution in [3.63, 3.8) is 0 Å². The van der Waals surface area contributed by atoms with Gasteiger partial charge in [-0.25, -0.2) is 0 Å². The number of nitrogens with one attached hydrogen (secondary N) is 2. The Morgan fingerprint density at radius 3 is 2.33 bits per heavy atom. The summed E-state index contributed by atoms with van der Waals surface area (Å²) in [5.74, 6) is 2.79. The van der Waals surface area contributed by atoms with E-state index >= 15 is 0 Å². The van der Waals surface area contributed by atoms with E-state index in [4.69, 9.17) is 10.5 Å². The van der Waals surface area contributed by atoms with Gasteiger partial charge < -0.3 is 21.1 Å². The normalized spacial score (nSPS) is 30.8. The highest BCUT2D eigenvalue weighted by Crippen LogP contribution is 2.61. The third-order valence-electron chi connectivity index (χ3n) is 6.68. The molecular formula is C21H29N3O3. The van der Waals surface area contributed by atoms with Gasteiger partial charge in [0.1, 0.15) is 5.75 Å². The number of rotatable bonds is 6. The summed E-state index contributed by atoms with van der Waals surface area (Å²) in [6.45, 7) is -0.0398. The van der Waals surface area contributed by atoms with Crippen LogP contribution in [0.5, 0.6) is 5.75 Å². The van der Waals surface area contributed by atoms with Gasteiger partial charge in [-0.15, -0.1) is 0 Å². The van der Waals surface area contributed by atoms with Crippen molar-refractivity contribution in [1.82, 2.24) is 5.32 Å². The molecule has 0 atom stereocenters. The van der Waals surface area contributed by atoms with Crippen LogP contribution in [-0.4, -0.2) is 25.5 Å². The molecule has 0 unspecified atom stereocenters. The smallest absolute Gasteiger partial charge is 0.243 e. The molecule has 4 bridgehead atoms. The Morgan fingerprint density at radius 1 is 1.11 bits per heavy atom. The van der Waals surface area contributed by atoms with Gasteiger partial charge in [-0.1, -0.05) is 0 Å². The van der Waals surface area contributed by atoms with Crippen molar-refractivity contribution in [3.05, 3.63) is 18.2 Å². The van der Waals surface area contributed by atoms with Crippen LogP contribution in [0.4, 0.5) is 11.4 Å². The van der Waals surface area contributed by atoms with Crippen LogP contribution in [0.3, 0.4) is 0 Å². The molecule has 6 heteroatoms. The van der Waals surface area contributed by atoms with Crippen LogP contribution in [-0.2, 0) is 9.59 Å². The number of carbonyl (C=O) groups excluding carboxylic acids is 2. The molecule has 0 spiro atoms. The Balaban J connectivity index is 1.29. The van der Waals surface area contributed by atoms with Crippen LogP contribution in [0.2, 0.25) is 0 Å². The fourth-order valence-electron chi connectivity index (χ4n) is 6.05. The number of hydrogen-bond acceptors (Lipinski definition) is 4. The summed E-state index contributed by atoms with van der Waals surface area (Å²) >= 11 is 0. The molecule has 4 N–H and O–H groups in total. The Labute approximate surface area is 160 Å². The highest BCUT2D eigenvalue weighted by molar-refractivity contribution is 5.97. The zero-order valence-corrected chi connectivity index (χ0v) is 15.9.